The number of carbonyl (C=O) groups excluding carboxylic acids is 1. The number of rotatable bonds is 4. The molecule has 1 aromatic carbocycles. The van der Waals surface area contributed by atoms with Gasteiger partial charge in [0.15, 0.2) is 0 Å². The summed E-state index contributed by atoms with van der Waals surface area (Å²) in [5.41, 5.74) is 1.01. The molecule has 2 fully saturated rings. The zero-order chi connectivity index (χ0) is 17.2. The van der Waals surface area contributed by atoms with Crippen LogP contribution in [0.5, 0.6) is 0 Å². The van der Waals surface area contributed by atoms with Crippen LogP contribution in [0.3, 0.4) is 0 Å². The van der Waals surface area contributed by atoms with Crippen molar-refractivity contribution in [3.05, 3.63) is 36.4 Å². The number of ether oxygens (including phenoxy) is 2. The molecule has 25 heavy (non-hydrogen) atoms. The Hall–Kier alpha value is -2.68. The Bertz CT molecular complexity index is 748. The molecule has 2 aliphatic rings. The van der Waals surface area contributed by atoms with Crippen molar-refractivity contribution in [3.63, 3.8) is 0 Å². The molecule has 0 unspecified atom stereocenters. The SMILES string of the molecule is O=C1O[C@@H](Cn2ccnn2)CN1c1ccc(N2CCOCC2)c(F)c1. The number of nitrogens with zero attached hydrogens (tertiary/aromatic N) is 5. The zero-order valence-corrected chi connectivity index (χ0v) is 13.5. The Morgan fingerprint density at radius 1 is 1.28 bits per heavy atom. The zero-order valence-electron chi connectivity index (χ0n) is 13.5. The van der Waals surface area contributed by atoms with Gasteiger partial charge in [-0.15, -0.1) is 5.10 Å². The number of hydrogen-bond donors (Lipinski definition) is 0. The molecular formula is C16H18FN5O3. The first-order chi connectivity index (χ1) is 12.2. The number of cyclic esters (lactones) is 1. The molecule has 0 aliphatic carbocycles. The van der Waals surface area contributed by atoms with Crippen molar-refractivity contribution in [2.24, 2.45) is 0 Å². The van der Waals surface area contributed by atoms with Crippen molar-refractivity contribution in [3.8, 4) is 0 Å². The van der Waals surface area contributed by atoms with Gasteiger partial charge in [0.05, 0.1) is 43.9 Å². The van der Waals surface area contributed by atoms with Crippen LogP contribution in [-0.2, 0) is 16.0 Å². The molecule has 8 nitrogen and oxygen atoms in total. The summed E-state index contributed by atoms with van der Waals surface area (Å²) in [7, 11) is 0. The van der Waals surface area contributed by atoms with Gasteiger partial charge in [-0.1, -0.05) is 5.21 Å². The fraction of sp³-hybridized carbons (Fsp3) is 0.438. The number of amides is 1. The summed E-state index contributed by atoms with van der Waals surface area (Å²) in [6, 6.07) is 4.82. The second-order valence-electron chi connectivity index (χ2n) is 5.98. The first-order valence-corrected chi connectivity index (χ1v) is 8.15. The van der Waals surface area contributed by atoms with Crippen LogP contribution < -0.4 is 9.80 Å². The van der Waals surface area contributed by atoms with Crippen LogP contribution in [-0.4, -0.2) is 60.0 Å². The maximum Gasteiger partial charge on any atom is 0.414 e. The van der Waals surface area contributed by atoms with Crippen LogP contribution in [0.4, 0.5) is 20.6 Å². The van der Waals surface area contributed by atoms with Gasteiger partial charge in [0.1, 0.15) is 11.9 Å². The van der Waals surface area contributed by atoms with Crippen LogP contribution in [0.15, 0.2) is 30.6 Å². The van der Waals surface area contributed by atoms with E-state index >= 15 is 0 Å². The average Bonchev–Trinajstić information content (AvgIpc) is 3.25. The second-order valence-corrected chi connectivity index (χ2v) is 5.98. The van der Waals surface area contributed by atoms with Crippen LogP contribution in [0.2, 0.25) is 0 Å². The molecule has 0 spiro atoms. The van der Waals surface area contributed by atoms with Crippen molar-refractivity contribution in [1.29, 1.82) is 0 Å². The lowest BCUT2D eigenvalue weighted by atomic mass is 10.2. The van der Waals surface area contributed by atoms with E-state index in [0.717, 1.165) is 0 Å². The minimum absolute atomic E-state index is 0.342. The highest BCUT2D eigenvalue weighted by Crippen LogP contribution is 2.28. The molecule has 4 rings (SSSR count). The molecule has 3 heterocycles. The summed E-state index contributed by atoms with van der Waals surface area (Å²) in [4.78, 5) is 15.5. The van der Waals surface area contributed by atoms with E-state index in [9.17, 15) is 9.18 Å². The summed E-state index contributed by atoms with van der Waals surface area (Å²) >= 11 is 0. The van der Waals surface area contributed by atoms with Crippen LogP contribution in [0.1, 0.15) is 0 Å². The van der Waals surface area contributed by atoms with Gasteiger partial charge in [0, 0.05) is 19.3 Å². The summed E-state index contributed by atoms with van der Waals surface area (Å²) in [5, 5.41) is 7.58. The highest BCUT2D eigenvalue weighted by molar-refractivity contribution is 5.90. The number of aromatic nitrogens is 3. The van der Waals surface area contributed by atoms with Crippen molar-refractivity contribution < 1.29 is 18.7 Å². The van der Waals surface area contributed by atoms with E-state index in [-0.39, 0.29) is 11.9 Å². The molecule has 0 saturated carbocycles. The number of benzene rings is 1. The summed E-state index contributed by atoms with van der Waals surface area (Å²) < 4.78 is 26.8. The molecule has 9 heteroatoms. The molecule has 2 saturated heterocycles. The minimum Gasteiger partial charge on any atom is -0.442 e. The molecular weight excluding hydrogens is 329 g/mol. The first-order valence-electron chi connectivity index (χ1n) is 8.15. The summed E-state index contributed by atoms with van der Waals surface area (Å²) in [6.07, 6.45) is 2.43. The third kappa shape index (κ3) is 3.27. The van der Waals surface area contributed by atoms with E-state index in [2.05, 4.69) is 10.3 Å². The van der Waals surface area contributed by atoms with Crippen molar-refractivity contribution >= 4 is 17.5 Å². The van der Waals surface area contributed by atoms with E-state index < -0.39 is 6.09 Å². The third-order valence-corrected chi connectivity index (χ3v) is 4.33. The Labute approximate surface area is 143 Å². The standard InChI is InChI=1S/C16H18FN5O3/c17-14-9-12(1-2-15(14)20-5-7-24-8-6-20)22-11-13(25-16(22)23)10-21-4-3-18-19-21/h1-4,9,13H,5-8,10-11H2/t13-/m0/s1. The van der Waals surface area contributed by atoms with Crippen molar-refractivity contribution in [2.75, 3.05) is 42.6 Å². The maximum absolute atomic E-state index is 14.5. The van der Waals surface area contributed by atoms with Crippen LogP contribution >= 0.6 is 0 Å². The Kier molecular flexibility index (Phi) is 4.22. The molecule has 132 valence electrons. The van der Waals surface area contributed by atoms with E-state index in [0.29, 0.717) is 50.8 Å². The van der Waals surface area contributed by atoms with Gasteiger partial charge in [-0.05, 0) is 18.2 Å². The Balaban J connectivity index is 1.47. The van der Waals surface area contributed by atoms with E-state index in [1.807, 2.05) is 4.90 Å². The van der Waals surface area contributed by atoms with Gasteiger partial charge in [-0.25, -0.2) is 13.9 Å². The van der Waals surface area contributed by atoms with Crippen molar-refractivity contribution in [2.45, 2.75) is 12.6 Å². The van der Waals surface area contributed by atoms with Gasteiger partial charge in [0.2, 0.25) is 0 Å². The van der Waals surface area contributed by atoms with Crippen LogP contribution in [0, 0.1) is 5.82 Å². The molecule has 0 N–H and O–H groups in total. The number of hydrogen-bond acceptors (Lipinski definition) is 6. The molecule has 0 bridgehead atoms. The summed E-state index contributed by atoms with van der Waals surface area (Å²) in [5.74, 6) is -0.355. The van der Waals surface area contributed by atoms with Gasteiger partial charge < -0.3 is 14.4 Å². The number of anilines is 2. The largest absolute Gasteiger partial charge is 0.442 e. The highest BCUT2D eigenvalue weighted by atomic mass is 19.1. The van der Waals surface area contributed by atoms with Gasteiger partial charge >= 0.3 is 6.09 Å². The minimum atomic E-state index is -0.483. The lowest BCUT2D eigenvalue weighted by Gasteiger charge is -2.29. The van der Waals surface area contributed by atoms with Crippen LogP contribution in [0.25, 0.3) is 0 Å². The number of morpholine rings is 1. The molecule has 1 aromatic heterocycles. The van der Waals surface area contributed by atoms with E-state index in [1.165, 1.54) is 11.0 Å². The van der Waals surface area contributed by atoms with Gasteiger partial charge in [-0.2, -0.15) is 0 Å². The molecule has 2 aliphatic heterocycles. The monoisotopic (exact) mass is 347 g/mol. The average molecular weight is 347 g/mol. The van der Waals surface area contributed by atoms with Gasteiger partial charge in [0.25, 0.3) is 0 Å². The lowest BCUT2D eigenvalue weighted by Crippen LogP contribution is -2.36. The fourth-order valence-electron chi connectivity index (χ4n) is 3.09. The predicted molar refractivity (Wildman–Crippen MR) is 87.1 cm³/mol. The normalized spacial score (nSPS) is 20.8. The third-order valence-electron chi connectivity index (χ3n) is 4.33. The predicted octanol–water partition coefficient (Wildman–Crippen LogP) is 1.28. The van der Waals surface area contributed by atoms with Gasteiger partial charge in [-0.3, -0.25) is 4.90 Å². The summed E-state index contributed by atoms with van der Waals surface area (Å²) in [6.45, 7) is 3.24. The maximum atomic E-state index is 14.5. The second kappa shape index (κ2) is 6.67. The quantitative estimate of drug-likeness (QED) is 0.830. The number of halogens is 1. The molecule has 1 amide bonds. The number of carbonyl (C=O) groups is 1. The smallest absolute Gasteiger partial charge is 0.414 e. The molecule has 2 aromatic rings. The topological polar surface area (TPSA) is 72.7 Å². The molecule has 1 atom stereocenters. The van der Waals surface area contributed by atoms with E-state index in [1.54, 1.807) is 29.2 Å². The molecule has 0 radical (unpaired) electrons. The lowest BCUT2D eigenvalue weighted by molar-refractivity contribution is 0.122. The first kappa shape index (κ1) is 15.8. The Morgan fingerprint density at radius 2 is 2.12 bits per heavy atom. The fourth-order valence-corrected chi connectivity index (χ4v) is 3.09. The van der Waals surface area contributed by atoms with E-state index in [4.69, 9.17) is 9.47 Å². The Morgan fingerprint density at radius 3 is 2.84 bits per heavy atom. The highest BCUT2D eigenvalue weighted by Gasteiger charge is 2.33. The van der Waals surface area contributed by atoms with Crippen molar-refractivity contribution in [1.82, 2.24) is 15.0 Å².